The van der Waals surface area contributed by atoms with Gasteiger partial charge in [0.15, 0.2) is 0 Å². The van der Waals surface area contributed by atoms with Gasteiger partial charge in [0.05, 0.1) is 6.04 Å². The summed E-state index contributed by atoms with van der Waals surface area (Å²) in [6.45, 7) is 1.99. The molecule has 3 heteroatoms. The van der Waals surface area contributed by atoms with Gasteiger partial charge < -0.3 is 10.4 Å². The van der Waals surface area contributed by atoms with Gasteiger partial charge in [-0.25, -0.2) is 0 Å². The predicted molar refractivity (Wildman–Crippen MR) is 73.2 cm³/mol. The number of aromatic hydroxyl groups is 1. The predicted octanol–water partition coefficient (Wildman–Crippen LogP) is 2.79. The Labute approximate surface area is 111 Å². The van der Waals surface area contributed by atoms with Crippen LogP contribution in [-0.2, 0) is 6.42 Å². The molecule has 2 aromatic rings. The summed E-state index contributed by atoms with van der Waals surface area (Å²) < 4.78 is 0. The van der Waals surface area contributed by atoms with Crippen molar-refractivity contribution < 1.29 is 9.90 Å². The molecule has 2 bridgehead atoms. The number of carbonyl (C=O) groups excluding carboxylic acids is 1. The lowest BCUT2D eigenvalue weighted by Crippen LogP contribution is -2.16. The van der Waals surface area contributed by atoms with E-state index in [9.17, 15) is 4.79 Å². The number of amides is 1. The second-order valence-electron chi connectivity index (χ2n) is 4.97. The fourth-order valence-corrected chi connectivity index (χ4v) is 2.49. The van der Waals surface area contributed by atoms with Crippen molar-refractivity contribution >= 4 is 5.91 Å². The summed E-state index contributed by atoms with van der Waals surface area (Å²) in [5.41, 5.74) is 4.43. The Morgan fingerprint density at radius 2 is 1.79 bits per heavy atom. The van der Waals surface area contributed by atoms with Crippen LogP contribution in [0.4, 0.5) is 0 Å². The molecule has 0 fully saturated rings. The van der Waals surface area contributed by atoms with Crippen LogP contribution in [0, 0.1) is 0 Å². The quantitative estimate of drug-likeness (QED) is 0.647. The Balaban J connectivity index is 0.000000122. The molecular weight excluding hydrogens is 238 g/mol. The largest absolute Gasteiger partial charge is 0.508 e. The minimum Gasteiger partial charge on any atom is -0.508 e. The van der Waals surface area contributed by atoms with Gasteiger partial charge in [0.2, 0.25) is 0 Å². The molecule has 1 heterocycles. The topological polar surface area (TPSA) is 49.3 Å². The third kappa shape index (κ3) is 2.19. The molecule has 2 aliphatic carbocycles. The van der Waals surface area contributed by atoms with E-state index in [1.807, 2.05) is 31.2 Å². The summed E-state index contributed by atoms with van der Waals surface area (Å²) >= 11 is 0. The van der Waals surface area contributed by atoms with Gasteiger partial charge in [-0.05, 0) is 48.2 Å². The van der Waals surface area contributed by atoms with Crippen LogP contribution >= 0.6 is 0 Å². The molecule has 0 radical (unpaired) electrons. The van der Waals surface area contributed by atoms with Gasteiger partial charge in [-0.2, -0.15) is 0 Å². The number of hydrogen-bond acceptors (Lipinski definition) is 2. The fraction of sp³-hybridized carbons (Fsp3) is 0.188. The third-order valence-corrected chi connectivity index (χ3v) is 3.47. The number of fused-ring (bicyclic) bond motifs is 3. The molecule has 0 saturated carbocycles. The van der Waals surface area contributed by atoms with Crippen LogP contribution in [0.25, 0.3) is 0 Å². The van der Waals surface area contributed by atoms with Crippen LogP contribution < -0.4 is 5.32 Å². The van der Waals surface area contributed by atoms with Crippen LogP contribution in [0.1, 0.15) is 40.0 Å². The summed E-state index contributed by atoms with van der Waals surface area (Å²) in [6.07, 6.45) is 1.06. The lowest BCUT2D eigenvalue weighted by molar-refractivity contribution is 0.0958. The number of nitrogens with one attached hydrogen (secondary N) is 1. The fourth-order valence-electron chi connectivity index (χ4n) is 2.49. The minimum absolute atomic E-state index is 0.0492. The smallest absolute Gasteiger partial charge is 0.252 e. The highest BCUT2D eigenvalue weighted by Gasteiger charge is 2.23. The first-order chi connectivity index (χ1) is 9.13. The minimum atomic E-state index is 0.0492. The van der Waals surface area contributed by atoms with Crippen molar-refractivity contribution in [2.75, 3.05) is 0 Å². The first kappa shape index (κ1) is 11.8. The van der Waals surface area contributed by atoms with Crippen LogP contribution in [0.5, 0.6) is 5.75 Å². The van der Waals surface area contributed by atoms with E-state index in [0.717, 1.165) is 17.5 Å². The van der Waals surface area contributed by atoms with Crippen molar-refractivity contribution in [1.29, 1.82) is 0 Å². The Kier molecular flexibility index (Phi) is 2.75. The van der Waals surface area contributed by atoms with E-state index >= 15 is 0 Å². The molecule has 96 valence electrons. The summed E-state index contributed by atoms with van der Waals surface area (Å²) in [6, 6.07) is 13.5. The summed E-state index contributed by atoms with van der Waals surface area (Å²) in [4.78, 5) is 11.2. The van der Waals surface area contributed by atoms with Crippen LogP contribution in [0.2, 0.25) is 0 Å². The molecule has 3 nitrogen and oxygen atoms in total. The second kappa shape index (κ2) is 4.43. The van der Waals surface area contributed by atoms with E-state index in [2.05, 4.69) is 11.4 Å². The number of benzene rings is 2. The SMILES string of the molecule is CC1NC(=O)c2ccccc21.Oc1cc2cc(c1)C2. The normalized spacial score (nSPS) is 17.7. The molecule has 1 unspecified atom stereocenters. The monoisotopic (exact) mass is 253 g/mol. The lowest BCUT2D eigenvalue weighted by Gasteiger charge is -2.13. The highest BCUT2D eigenvalue weighted by molar-refractivity contribution is 5.98. The van der Waals surface area contributed by atoms with Gasteiger partial charge in [0.1, 0.15) is 5.75 Å². The Morgan fingerprint density at radius 3 is 2.32 bits per heavy atom. The number of carbonyl (C=O) groups is 1. The summed E-state index contributed by atoms with van der Waals surface area (Å²) in [5, 5.41) is 11.7. The molecule has 5 rings (SSSR count). The molecule has 1 aliphatic heterocycles. The molecule has 0 spiro atoms. The van der Waals surface area contributed by atoms with E-state index in [1.165, 1.54) is 11.1 Å². The molecular formula is C16H15NO2. The zero-order chi connectivity index (χ0) is 13.4. The summed E-state index contributed by atoms with van der Waals surface area (Å²) in [5.74, 6) is 0.455. The van der Waals surface area contributed by atoms with E-state index in [1.54, 1.807) is 12.1 Å². The van der Waals surface area contributed by atoms with Gasteiger partial charge in [-0.1, -0.05) is 24.3 Å². The number of phenolic OH excluding ortho intramolecular Hbond substituents is 1. The summed E-state index contributed by atoms with van der Waals surface area (Å²) in [7, 11) is 0. The van der Waals surface area contributed by atoms with Crippen molar-refractivity contribution in [3.8, 4) is 5.75 Å². The Morgan fingerprint density at radius 1 is 1.16 bits per heavy atom. The maximum Gasteiger partial charge on any atom is 0.252 e. The first-order valence-corrected chi connectivity index (χ1v) is 6.35. The first-order valence-electron chi connectivity index (χ1n) is 6.35. The number of hydrogen-bond donors (Lipinski definition) is 2. The molecule has 2 aromatic carbocycles. The van der Waals surface area contributed by atoms with E-state index in [0.29, 0.717) is 5.75 Å². The number of phenols is 1. The molecule has 0 saturated heterocycles. The Bertz CT molecular complexity index is 627. The third-order valence-electron chi connectivity index (χ3n) is 3.47. The standard InChI is InChI=1S/C9H9NO.C7H6O/c1-6-7-4-2-3-5-8(7)9(11)10-6;8-7-3-5-1-6(2-5)4-7/h2-6H,1H3,(H,10,11);1,3-4,8H,2H2. The van der Waals surface area contributed by atoms with Crippen molar-refractivity contribution in [3.05, 3.63) is 64.7 Å². The van der Waals surface area contributed by atoms with E-state index < -0.39 is 0 Å². The zero-order valence-electron chi connectivity index (χ0n) is 10.7. The van der Waals surface area contributed by atoms with Crippen LogP contribution in [0.3, 0.4) is 0 Å². The maximum absolute atomic E-state index is 11.2. The second-order valence-corrected chi connectivity index (χ2v) is 4.97. The van der Waals surface area contributed by atoms with Gasteiger partial charge in [0.25, 0.3) is 5.91 Å². The Hall–Kier alpha value is -2.29. The van der Waals surface area contributed by atoms with E-state index in [-0.39, 0.29) is 11.9 Å². The molecule has 19 heavy (non-hydrogen) atoms. The number of rotatable bonds is 0. The average Bonchev–Trinajstić information content (AvgIpc) is 2.65. The van der Waals surface area contributed by atoms with Gasteiger partial charge >= 0.3 is 0 Å². The molecule has 2 N–H and O–H groups in total. The van der Waals surface area contributed by atoms with Crippen LogP contribution in [0.15, 0.2) is 42.5 Å². The van der Waals surface area contributed by atoms with Crippen molar-refractivity contribution in [3.63, 3.8) is 0 Å². The molecule has 3 aliphatic rings. The van der Waals surface area contributed by atoms with Crippen molar-refractivity contribution in [2.45, 2.75) is 19.4 Å². The molecule has 1 amide bonds. The zero-order valence-corrected chi connectivity index (χ0v) is 10.7. The average molecular weight is 253 g/mol. The maximum atomic E-state index is 11.2. The molecule has 1 atom stereocenters. The van der Waals surface area contributed by atoms with E-state index in [4.69, 9.17) is 5.11 Å². The highest BCUT2D eigenvalue weighted by Crippen LogP contribution is 2.26. The van der Waals surface area contributed by atoms with Crippen LogP contribution in [-0.4, -0.2) is 11.0 Å². The van der Waals surface area contributed by atoms with Gasteiger partial charge in [0, 0.05) is 5.56 Å². The van der Waals surface area contributed by atoms with Gasteiger partial charge in [-0.15, -0.1) is 0 Å². The van der Waals surface area contributed by atoms with Crippen molar-refractivity contribution in [1.82, 2.24) is 5.32 Å². The van der Waals surface area contributed by atoms with Crippen molar-refractivity contribution in [2.24, 2.45) is 0 Å². The lowest BCUT2D eigenvalue weighted by atomic mass is 9.93. The molecule has 0 aromatic heterocycles. The van der Waals surface area contributed by atoms with Gasteiger partial charge in [-0.3, -0.25) is 4.79 Å². The highest BCUT2D eigenvalue weighted by atomic mass is 16.3.